The van der Waals surface area contributed by atoms with Crippen LogP contribution in [0.1, 0.15) is 43.4 Å². The fourth-order valence-corrected chi connectivity index (χ4v) is 5.34. The van der Waals surface area contributed by atoms with Crippen LogP contribution in [0.4, 0.5) is 0 Å². The molecule has 1 aliphatic carbocycles. The Balaban J connectivity index is 1.21. The van der Waals surface area contributed by atoms with E-state index in [4.69, 9.17) is 0 Å². The third-order valence-corrected chi connectivity index (χ3v) is 6.88. The highest BCUT2D eigenvalue weighted by molar-refractivity contribution is 7.09. The van der Waals surface area contributed by atoms with Gasteiger partial charge >= 0.3 is 0 Å². The van der Waals surface area contributed by atoms with E-state index in [1.807, 2.05) is 11.7 Å². The quantitative estimate of drug-likeness (QED) is 0.850. The van der Waals surface area contributed by atoms with Gasteiger partial charge < -0.3 is 4.90 Å². The van der Waals surface area contributed by atoms with Crippen molar-refractivity contribution in [1.29, 1.82) is 0 Å². The fourth-order valence-electron chi connectivity index (χ4n) is 4.70. The zero-order valence-electron chi connectivity index (χ0n) is 13.8. The molecule has 3 fully saturated rings. The molecule has 4 nitrogen and oxygen atoms in total. The average Bonchev–Trinajstić information content (AvgIpc) is 3.25. The van der Waals surface area contributed by atoms with Crippen LogP contribution in [0.25, 0.3) is 0 Å². The van der Waals surface area contributed by atoms with Crippen molar-refractivity contribution in [3.8, 4) is 0 Å². The van der Waals surface area contributed by atoms with Crippen LogP contribution in [-0.4, -0.2) is 46.9 Å². The van der Waals surface area contributed by atoms with E-state index in [-0.39, 0.29) is 0 Å². The van der Waals surface area contributed by atoms with Gasteiger partial charge in [-0.25, -0.2) is 0 Å². The number of likely N-dealkylation sites (tertiary alicyclic amines) is 2. The number of thiazole rings is 1. The normalized spacial score (nSPS) is 29.1. The molecule has 0 aromatic carbocycles. The SMILES string of the molecule is O=C(CC1CCN(Cc2cncs2)CC1)N1CC2CCCC2C1. The van der Waals surface area contributed by atoms with Gasteiger partial charge in [0.1, 0.15) is 0 Å². The van der Waals surface area contributed by atoms with Crippen molar-refractivity contribution in [1.82, 2.24) is 14.8 Å². The first kappa shape index (κ1) is 15.6. The van der Waals surface area contributed by atoms with Crippen LogP contribution < -0.4 is 0 Å². The van der Waals surface area contributed by atoms with Gasteiger partial charge in [0.15, 0.2) is 0 Å². The summed E-state index contributed by atoms with van der Waals surface area (Å²) in [6.07, 6.45) is 9.19. The first-order valence-corrected chi connectivity index (χ1v) is 10.0. The number of carbonyl (C=O) groups excluding carboxylic acids is 1. The maximum absolute atomic E-state index is 12.6. The number of nitrogens with zero attached hydrogens (tertiary/aromatic N) is 3. The number of hydrogen-bond donors (Lipinski definition) is 0. The second-order valence-corrected chi connectivity index (χ2v) is 8.61. The molecule has 4 rings (SSSR count). The highest BCUT2D eigenvalue weighted by Gasteiger charge is 2.38. The second-order valence-electron chi connectivity index (χ2n) is 7.64. The molecule has 1 aromatic heterocycles. The van der Waals surface area contributed by atoms with Crippen molar-refractivity contribution in [3.63, 3.8) is 0 Å². The van der Waals surface area contributed by atoms with Gasteiger partial charge in [-0.1, -0.05) is 6.42 Å². The lowest BCUT2D eigenvalue weighted by molar-refractivity contribution is -0.131. The van der Waals surface area contributed by atoms with Gasteiger partial charge in [0.25, 0.3) is 0 Å². The number of piperidine rings is 1. The van der Waals surface area contributed by atoms with Crippen LogP contribution in [-0.2, 0) is 11.3 Å². The highest BCUT2D eigenvalue weighted by atomic mass is 32.1. The summed E-state index contributed by atoms with van der Waals surface area (Å²) in [5.41, 5.74) is 1.91. The van der Waals surface area contributed by atoms with E-state index in [1.54, 1.807) is 11.3 Å². The summed E-state index contributed by atoms with van der Waals surface area (Å²) in [7, 11) is 0. The molecule has 1 saturated carbocycles. The predicted molar refractivity (Wildman–Crippen MR) is 92.1 cm³/mol. The third kappa shape index (κ3) is 3.61. The molecular weight excluding hydrogens is 306 g/mol. The topological polar surface area (TPSA) is 36.4 Å². The van der Waals surface area contributed by atoms with Gasteiger partial charge in [-0.05, 0) is 56.5 Å². The minimum atomic E-state index is 0.431. The largest absolute Gasteiger partial charge is 0.342 e. The average molecular weight is 334 g/mol. The van der Waals surface area contributed by atoms with Crippen LogP contribution in [0.15, 0.2) is 11.7 Å². The third-order valence-electron chi connectivity index (χ3n) is 6.11. The Hall–Kier alpha value is -0.940. The Morgan fingerprint density at radius 1 is 1.17 bits per heavy atom. The van der Waals surface area contributed by atoms with E-state index in [0.717, 1.165) is 51.0 Å². The lowest BCUT2D eigenvalue weighted by Crippen LogP contribution is -2.36. The molecular formula is C18H27N3OS. The monoisotopic (exact) mass is 333 g/mol. The summed E-state index contributed by atoms with van der Waals surface area (Å²) in [6, 6.07) is 0. The van der Waals surface area contributed by atoms with Crippen LogP contribution >= 0.6 is 11.3 Å². The minimum Gasteiger partial charge on any atom is -0.342 e. The van der Waals surface area contributed by atoms with Gasteiger partial charge in [0.2, 0.25) is 5.91 Å². The van der Waals surface area contributed by atoms with Gasteiger partial charge in [-0.3, -0.25) is 14.7 Å². The molecule has 0 bridgehead atoms. The number of hydrogen-bond acceptors (Lipinski definition) is 4. The summed E-state index contributed by atoms with van der Waals surface area (Å²) >= 11 is 1.74. The molecule has 0 radical (unpaired) electrons. The van der Waals surface area contributed by atoms with Crippen LogP contribution in [0.5, 0.6) is 0 Å². The Kier molecular flexibility index (Phi) is 4.67. The molecule has 2 unspecified atom stereocenters. The van der Waals surface area contributed by atoms with E-state index >= 15 is 0 Å². The summed E-state index contributed by atoms with van der Waals surface area (Å²) in [4.78, 5) is 22.8. The summed E-state index contributed by atoms with van der Waals surface area (Å²) in [5, 5.41) is 0. The van der Waals surface area contributed by atoms with E-state index in [2.05, 4.69) is 14.8 Å². The van der Waals surface area contributed by atoms with Crippen LogP contribution in [0, 0.1) is 17.8 Å². The molecule has 2 aliphatic heterocycles. The second kappa shape index (κ2) is 6.89. The first-order valence-electron chi connectivity index (χ1n) is 9.15. The maximum atomic E-state index is 12.6. The van der Waals surface area contributed by atoms with E-state index in [9.17, 15) is 4.79 Å². The fraction of sp³-hybridized carbons (Fsp3) is 0.778. The Morgan fingerprint density at radius 2 is 1.91 bits per heavy atom. The molecule has 1 aromatic rings. The summed E-state index contributed by atoms with van der Waals surface area (Å²) < 4.78 is 0. The molecule has 0 spiro atoms. The molecule has 23 heavy (non-hydrogen) atoms. The van der Waals surface area contributed by atoms with Crippen molar-refractivity contribution in [3.05, 3.63) is 16.6 Å². The van der Waals surface area contributed by atoms with Crippen LogP contribution in [0.2, 0.25) is 0 Å². The van der Waals surface area contributed by atoms with Gasteiger partial charge in [0.05, 0.1) is 5.51 Å². The lowest BCUT2D eigenvalue weighted by atomic mass is 9.93. The van der Waals surface area contributed by atoms with Crippen molar-refractivity contribution in [2.24, 2.45) is 17.8 Å². The molecule has 1 amide bonds. The van der Waals surface area contributed by atoms with Gasteiger partial charge in [0, 0.05) is 37.1 Å². The zero-order valence-corrected chi connectivity index (χ0v) is 14.6. The van der Waals surface area contributed by atoms with Crippen LogP contribution in [0.3, 0.4) is 0 Å². The molecule has 126 valence electrons. The minimum absolute atomic E-state index is 0.431. The van der Waals surface area contributed by atoms with Gasteiger partial charge in [-0.2, -0.15) is 0 Å². The number of carbonyl (C=O) groups is 1. The smallest absolute Gasteiger partial charge is 0.222 e. The number of fused-ring (bicyclic) bond motifs is 1. The van der Waals surface area contributed by atoms with Crippen molar-refractivity contribution < 1.29 is 4.79 Å². The summed E-state index contributed by atoms with van der Waals surface area (Å²) in [6.45, 7) is 5.38. The molecule has 3 heterocycles. The van der Waals surface area contributed by atoms with Crippen molar-refractivity contribution >= 4 is 17.2 Å². The highest BCUT2D eigenvalue weighted by Crippen LogP contribution is 2.38. The summed E-state index contributed by atoms with van der Waals surface area (Å²) in [5.74, 6) is 2.67. The number of rotatable bonds is 4. The molecule has 2 atom stereocenters. The molecule has 5 heteroatoms. The molecule has 3 aliphatic rings. The number of amides is 1. The van der Waals surface area contributed by atoms with E-state index < -0.39 is 0 Å². The predicted octanol–water partition coefficient (Wildman–Crippen LogP) is 3.00. The van der Waals surface area contributed by atoms with E-state index in [1.165, 1.54) is 37.0 Å². The Bertz CT molecular complexity index is 512. The lowest BCUT2D eigenvalue weighted by Gasteiger charge is -2.32. The molecule has 2 saturated heterocycles. The maximum Gasteiger partial charge on any atom is 0.222 e. The number of aromatic nitrogens is 1. The Morgan fingerprint density at radius 3 is 2.57 bits per heavy atom. The first-order chi connectivity index (χ1) is 11.3. The van der Waals surface area contributed by atoms with Gasteiger partial charge in [-0.15, -0.1) is 11.3 Å². The van der Waals surface area contributed by atoms with Crippen molar-refractivity contribution in [2.45, 2.75) is 45.1 Å². The Labute approximate surface area is 142 Å². The molecule has 0 N–H and O–H groups in total. The zero-order chi connectivity index (χ0) is 15.6. The standard InChI is InChI=1S/C18H27N3OS/c22-18(21-10-15-2-1-3-16(15)11-21)8-14-4-6-20(7-5-14)12-17-9-19-13-23-17/h9,13-16H,1-8,10-12H2. The van der Waals surface area contributed by atoms with Crippen molar-refractivity contribution in [2.75, 3.05) is 26.2 Å². The van der Waals surface area contributed by atoms with E-state index in [0.29, 0.717) is 11.8 Å².